The number of fused-ring (bicyclic) bond motifs is 1. The van der Waals surface area contributed by atoms with E-state index >= 15 is 0 Å². The first-order valence-electron chi connectivity index (χ1n) is 6.08. The molecule has 92 valence electrons. The summed E-state index contributed by atoms with van der Waals surface area (Å²) in [5, 5.41) is 0. The van der Waals surface area contributed by atoms with Crippen LogP contribution in [-0.4, -0.2) is 22.7 Å². The van der Waals surface area contributed by atoms with E-state index in [0.717, 1.165) is 24.3 Å². The molecule has 0 bridgehead atoms. The van der Waals surface area contributed by atoms with Gasteiger partial charge in [0.05, 0.1) is 17.6 Å². The Morgan fingerprint density at radius 3 is 2.94 bits per heavy atom. The molecule has 0 radical (unpaired) electrons. The molecule has 1 aromatic carbocycles. The van der Waals surface area contributed by atoms with Crippen molar-refractivity contribution in [1.82, 2.24) is 9.55 Å². The highest BCUT2D eigenvalue weighted by Crippen LogP contribution is 2.17. The molecule has 0 aliphatic heterocycles. The van der Waals surface area contributed by atoms with Crippen LogP contribution in [0.2, 0.25) is 0 Å². The molecule has 2 N–H and O–H groups in total. The van der Waals surface area contributed by atoms with Crippen LogP contribution >= 0.6 is 0 Å². The van der Waals surface area contributed by atoms with E-state index in [0.29, 0.717) is 19.8 Å². The van der Waals surface area contributed by atoms with Crippen LogP contribution in [0.15, 0.2) is 24.3 Å². The molecule has 0 saturated carbocycles. The van der Waals surface area contributed by atoms with Gasteiger partial charge >= 0.3 is 0 Å². The zero-order chi connectivity index (χ0) is 12.1. The fourth-order valence-corrected chi connectivity index (χ4v) is 1.96. The molecule has 0 aliphatic carbocycles. The summed E-state index contributed by atoms with van der Waals surface area (Å²) in [7, 11) is 0. The monoisotopic (exact) mass is 233 g/mol. The Kier molecular flexibility index (Phi) is 4.12. The third kappa shape index (κ3) is 2.65. The van der Waals surface area contributed by atoms with Crippen molar-refractivity contribution in [3.8, 4) is 0 Å². The fraction of sp³-hybridized carbons (Fsp3) is 0.462. The van der Waals surface area contributed by atoms with Crippen LogP contribution in [0.5, 0.6) is 0 Å². The highest BCUT2D eigenvalue weighted by Gasteiger charge is 2.09. The van der Waals surface area contributed by atoms with Crippen molar-refractivity contribution in [1.29, 1.82) is 0 Å². The Balaban J connectivity index is 2.29. The fourth-order valence-electron chi connectivity index (χ4n) is 1.96. The van der Waals surface area contributed by atoms with Crippen molar-refractivity contribution in [2.75, 3.05) is 13.2 Å². The molecule has 17 heavy (non-hydrogen) atoms. The molecular weight excluding hydrogens is 214 g/mol. The lowest BCUT2D eigenvalue weighted by molar-refractivity contribution is 0.120. The van der Waals surface area contributed by atoms with Gasteiger partial charge in [0.25, 0.3) is 0 Å². The molecule has 2 rings (SSSR count). The van der Waals surface area contributed by atoms with Crippen molar-refractivity contribution in [2.45, 2.75) is 26.5 Å². The predicted octanol–water partition coefficient (Wildman–Crippen LogP) is 1.92. The van der Waals surface area contributed by atoms with Crippen molar-refractivity contribution >= 4 is 11.0 Å². The summed E-state index contributed by atoms with van der Waals surface area (Å²) < 4.78 is 7.71. The zero-order valence-electron chi connectivity index (χ0n) is 10.2. The van der Waals surface area contributed by atoms with E-state index in [4.69, 9.17) is 10.5 Å². The normalized spacial score (nSPS) is 11.2. The number of nitrogens with two attached hydrogens (primary N) is 1. The van der Waals surface area contributed by atoms with Gasteiger partial charge in [-0.1, -0.05) is 19.1 Å². The minimum absolute atomic E-state index is 0.534. The topological polar surface area (TPSA) is 53.1 Å². The quantitative estimate of drug-likeness (QED) is 0.775. The predicted molar refractivity (Wildman–Crippen MR) is 68.7 cm³/mol. The number of hydrogen-bond acceptors (Lipinski definition) is 3. The van der Waals surface area contributed by atoms with Gasteiger partial charge in [-0.2, -0.15) is 0 Å². The molecule has 0 atom stereocenters. The van der Waals surface area contributed by atoms with E-state index in [1.807, 2.05) is 18.2 Å². The largest absolute Gasteiger partial charge is 0.372 e. The first kappa shape index (κ1) is 12.1. The van der Waals surface area contributed by atoms with E-state index in [2.05, 4.69) is 22.5 Å². The molecule has 2 aromatic rings. The number of nitrogens with zero attached hydrogens (tertiary/aromatic N) is 2. The first-order valence-corrected chi connectivity index (χ1v) is 6.08. The van der Waals surface area contributed by atoms with Crippen LogP contribution in [0.4, 0.5) is 0 Å². The maximum atomic E-state index is 5.48. The van der Waals surface area contributed by atoms with Gasteiger partial charge in [-0.05, 0) is 18.6 Å². The van der Waals surface area contributed by atoms with Gasteiger partial charge in [0.1, 0.15) is 12.4 Å². The summed E-state index contributed by atoms with van der Waals surface area (Å²) in [5.41, 5.74) is 7.63. The first-order chi connectivity index (χ1) is 8.36. The Bertz CT molecular complexity index is 478. The maximum absolute atomic E-state index is 5.48. The number of rotatable bonds is 6. The van der Waals surface area contributed by atoms with E-state index in [1.165, 1.54) is 5.52 Å². The summed E-state index contributed by atoms with van der Waals surface area (Å²) in [4.78, 5) is 4.60. The minimum atomic E-state index is 0.534. The van der Waals surface area contributed by atoms with Gasteiger partial charge in [-0.15, -0.1) is 0 Å². The van der Waals surface area contributed by atoms with Gasteiger partial charge in [0.2, 0.25) is 0 Å². The second-order valence-corrected chi connectivity index (χ2v) is 4.01. The minimum Gasteiger partial charge on any atom is -0.372 e. The van der Waals surface area contributed by atoms with Crippen LogP contribution in [0.25, 0.3) is 11.0 Å². The SMILES string of the molecule is CCCn1c(COCCN)nc2ccccc21. The van der Waals surface area contributed by atoms with Crippen molar-refractivity contribution in [2.24, 2.45) is 5.73 Å². The highest BCUT2D eigenvalue weighted by molar-refractivity contribution is 5.75. The molecule has 0 unspecified atom stereocenters. The third-order valence-electron chi connectivity index (χ3n) is 2.67. The lowest BCUT2D eigenvalue weighted by atomic mass is 10.3. The number of aromatic nitrogens is 2. The van der Waals surface area contributed by atoms with Crippen molar-refractivity contribution in [3.05, 3.63) is 30.1 Å². The lowest BCUT2D eigenvalue weighted by Crippen LogP contribution is -2.11. The van der Waals surface area contributed by atoms with E-state index in [1.54, 1.807) is 0 Å². The Morgan fingerprint density at radius 2 is 2.18 bits per heavy atom. The second-order valence-electron chi connectivity index (χ2n) is 4.01. The summed E-state index contributed by atoms with van der Waals surface area (Å²) in [6.07, 6.45) is 1.09. The molecule has 1 aromatic heterocycles. The summed E-state index contributed by atoms with van der Waals surface area (Å²) in [6.45, 7) is 4.80. The van der Waals surface area contributed by atoms with Gasteiger partial charge in [0.15, 0.2) is 0 Å². The third-order valence-corrected chi connectivity index (χ3v) is 2.67. The van der Waals surface area contributed by atoms with Crippen LogP contribution in [0, 0.1) is 0 Å². The molecular formula is C13H19N3O. The van der Waals surface area contributed by atoms with Crippen LogP contribution in [-0.2, 0) is 17.9 Å². The van der Waals surface area contributed by atoms with Crippen LogP contribution in [0.1, 0.15) is 19.2 Å². The molecule has 0 saturated heterocycles. The van der Waals surface area contributed by atoms with Gasteiger partial charge in [-0.25, -0.2) is 4.98 Å². The Morgan fingerprint density at radius 1 is 1.35 bits per heavy atom. The number of para-hydroxylation sites is 2. The molecule has 4 heteroatoms. The summed E-state index contributed by atoms with van der Waals surface area (Å²) >= 11 is 0. The average Bonchev–Trinajstić information content (AvgIpc) is 2.69. The Labute approximate surface area is 101 Å². The molecule has 0 fully saturated rings. The average molecular weight is 233 g/mol. The highest BCUT2D eigenvalue weighted by atomic mass is 16.5. The maximum Gasteiger partial charge on any atom is 0.135 e. The standard InChI is InChI=1S/C13H19N3O/c1-2-8-16-12-6-4-3-5-11(12)15-13(16)10-17-9-7-14/h3-6H,2,7-10,14H2,1H3. The van der Waals surface area contributed by atoms with E-state index in [9.17, 15) is 0 Å². The smallest absolute Gasteiger partial charge is 0.135 e. The molecule has 1 heterocycles. The van der Waals surface area contributed by atoms with E-state index < -0.39 is 0 Å². The van der Waals surface area contributed by atoms with Crippen molar-refractivity contribution in [3.63, 3.8) is 0 Å². The number of benzene rings is 1. The van der Waals surface area contributed by atoms with E-state index in [-0.39, 0.29) is 0 Å². The Hall–Kier alpha value is -1.39. The second kappa shape index (κ2) is 5.80. The number of hydrogen-bond donors (Lipinski definition) is 1. The molecule has 0 aliphatic rings. The van der Waals surface area contributed by atoms with Crippen molar-refractivity contribution < 1.29 is 4.74 Å². The van der Waals surface area contributed by atoms with Crippen LogP contribution in [0.3, 0.4) is 0 Å². The van der Waals surface area contributed by atoms with Crippen LogP contribution < -0.4 is 5.73 Å². The lowest BCUT2D eigenvalue weighted by Gasteiger charge is -2.07. The number of ether oxygens (including phenoxy) is 1. The molecule has 4 nitrogen and oxygen atoms in total. The summed E-state index contributed by atoms with van der Waals surface area (Å²) in [6, 6.07) is 8.19. The number of imidazole rings is 1. The zero-order valence-corrected chi connectivity index (χ0v) is 10.2. The summed E-state index contributed by atoms with van der Waals surface area (Å²) in [5.74, 6) is 0.988. The van der Waals surface area contributed by atoms with Gasteiger partial charge in [0, 0.05) is 13.1 Å². The number of aryl methyl sites for hydroxylation is 1. The van der Waals surface area contributed by atoms with Gasteiger partial charge < -0.3 is 15.0 Å². The molecule has 0 amide bonds. The molecule has 0 spiro atoms. The van der Waals surface area contributed by atoms with Gasteiger partial charge in [-0.3, -0.25) is 0 Å².